The number of hydrogen-bond donors (Lipinski definition) is 0. The Kier molecular flexibility index (Phi) is 9.98. The summed E-state index contributed by atoms with van der Waals surface area (Å²) >= 11 is 0. The average molecular weight is 429 g/mol. The van der Waals surface area contributed by atoms with Gasteiger partial charge in [-0.25, -0.2) is 0 Å². The predicted molar refractivity (Wildman–Crippen MR) is 136 cm³/mol. The lowest BCUT2D eigenvalue weighted by Crippen LogP contribution is -1.97. The van der Waals surface area contributed by atoms with E-state index in [9.17, 15) is 0 Å². The van der Waals surface area contributed by atoms with Gasteiger partial charge in [-0.15, -0.1) is 0 Å². The molecule has 0 saturated heterocycles. The van der Waals surface area contributed by atoms with Crippen LogP contribution in [0.3, 0.4) is 0 Å². The van der Waals surface area contributed by atoms with E-state index in [-0.39, 0.29) is 0 Å². The van der Waals surface area contributed by atoms with E-state index in [4.69, 9.17) is 4.74 Å². The molecular formula is C29H36N2O. The third-order valence-electron chi connectivity index (χ3n) is 5.58. The third-order valence-corrected chi connectivity index (χ3v) is 5.58. The van der Waals surface area contributed by atoms with Crippen molar-refractivity contribution in [2.24, 2.45) is 0 Å². The second-order valence-electron chi connectivity index (χ2n) is 8.42. The summed E-state index contributed by atoms with van der Waals surface area (Å²) in [7, 11) is 0. The van der Waals surface area contributed by atoms with E-state index >= 15 is 0 Å². The summed E-state index contributed by atoms with van der Waals surface area (Å²) in [5, 5.41) is 0. The molecule has 0 N–H and O–H groups in total. The number of rotatable bonds is 13. The summed E-state index contributed by atoms with van der Waals surface area (Å²) in [6.45, 7) is 5.10. The zero-order valence-electron chi connectivity index (χ0n) is 19.6. The van der Waals surface area contributed by atoms with Crippen molar-refractivity contribution in [3.63, 3.8) is 0 Å². The lowest BCUT2D eigenvalue weighted by atomic mass is 10.1. The molecule has 3 heteroatoms. The first-order valence-corrected chi connectivity index (χ1v) is 12.0. The molecule has 3 nitrogen and oxygen atoms in total. The number of aryl methyl sites for hydroxylation is 1. The number of aromatic nitrogens is 2. The molecule has 0 bridgehead atoms. The number of benzene rings is 1. The van der Waals surface area contributed by atoms with Gasteiger partial charge in [0.05, 0.1) is 18.0 Å². The molecule has 2 aromatic heterocycles. The number of nitrogens with zero attached hydrogens (tertiary/aromatic N) is 2. The Labute approximate surface area is 193 Å². The van der Waals surface area contributed by atoms with Crippen LogP contribution >= 0.6 is 0 Å². The van der Waals surface area contributed by atoms with Gasteiger partial charge in [0.15, 0.2) is 0 Å². The van der Waals surface area contributed by atoms with Crippen LogP contribution < -0.4 is 4.74 Å². The molecule has 3 rings (SSSR count). The van der Waals surface area contributed by atoms with Gasteiger partial charge in [0.2, 0.25) is 0 Å². The summed E-state index contributed by atoms with van der Waals surface area (Å²) in [6.07, 6.45) is 18.5. The van der Waals surface area contributed by atoms with E-state index in [0.29, 0.717) is 0 Å². The zero-order chi connectivity index (χ0) is 22.4. The predicted octanol–water partition coefficient (Wildman–Crippen LogP) is 8.14. The van der Waals surface area contributed by atoms with Crippen LogP contribution in [0.2, 0.25) is 0 Å². The van der Waals surface area contributed by atoms with Crippen molar-refractivity contribution in [3.8, 4) is 17.1 Å². The molecule has 0 fully saturated rings. The lowest BCUT2D eigenvalue weighted by Gasteiger charge is -2.06. The van der Waals surface area contributed by atoms with Crippen molar-refractivity contribution < 1.29 is 4.74 Å². The van der Waals surface area contributed by atoms with Crippen molar-refractivity contribution in [1.82, 2.24) is 9.97 Å². The summed E-state index contributed by atoms with van der Waals surface area (Å²) in [4.78, 5) is 8.98. The zero-order valence-corrected chi connectivity index (χ0v) is 19.6. The van der Waals surface area contributed by atoms with Crippen LogP contribution in [0, 0.1) is 6.92 Å². The van der Waals surface area contributed by atoms with Gasteiger partial charge in [0, 0.05) is 12.4 Å². The molecule has 0 radical (unpaired) electrons. The molecule has 3 aromatic rings. The normalized spacial score (nSPS) is 11.2. The maximum Gasteiger partial charge on any atom is 0.119 e. The van der Waals surface area contributed by atoms with Crippen molar-refractivity contribution in [2.45, 2.75) is 65.2 Å². The van der Waals surface area contributed by atoms with Crippen LogP contribution in [-0.2, 0) is 0 Å². The fourth-order valence-corrected chi connectivity index (χ4v) is 3.57. The average Bonchev–Trinajstić information content (AvgIpc) is 2.83. The van der Waals surface area contributed by atoms with Crippen LogP contribution in [-0.4, -0.2) is 16.6 Å². The van der Waals surface area contributed by atoms with E-state index in [2.05, 4.69) is 65.4 Å². The van der Waals surface area contributed by atoms with Crippen molar-refractivity contribution in [3.05, 3.63) is 77.6 Å². The first-order chi connectivity index (χ1) is 15.7. The molecule has 0 unspecified atom stereocenters. The molecule has 0 amide bonds. The highest BCUT2D eigenvalue weighted by Crippen LogP contribution is 2.18. The van der Waals surface area contributed by atoms with E-state index in [1.807, 2.05) is 31.5 Å². The second kappa shape index (κ2) is 13.5. The minimum Gasteiger partial charge on any atom is -0.494 e. The van der Waals surface area contributed by atoms with Crippen LogP contribution in [0.25, 0.3) is 23.5 Å². The Bertz CT molecular complexity index is 928. The van der Waals surface area contributed by atoms with Crippen LogP contribution in [0.5, 0.6) is 5.75 Å². The molecule has 0 spiro atoms. The van der Waals surface area contributed by atoms with Gasteiger partial charge in [-0.3, -0.25) is 9.97 Å². The fourth-order valence-electron chi connectivity index (χ4n) is 3.57. The quantitative estimate of drug-likeness (QED) is 0.258. The third kappa shape index (κ3) is 8.30. The smallest absolute Gasteiger partial charge is 0.119 e. The fraction of sp³-hybridized carbons (Fsp3) is 0.379. The molecule has 0 atom stereocenters. The first-order valence-electron chi connectivity index (χ1n) is 12.0. The second-order valence-corrected chi connectivity index (χ2v) is 8.42. The number of pyridine rings is 2. The van der Waals surface area contributed by atoms with Gasteiger partial charge in [0.25, 0.3) is 0 Å². The highest BCUT2D eigenvalue weighted by atomic mass is 16.5. The van der Waals surface area contributed by atoms with Crippen LogP contribution in [0.4, 0.5) is 0 Å². The number of ether oxygens (including phenoxy) is 1. The molecule has 1 aromatic carbocycles. The molecule has 168 valence electrons. The number of unbranched alkanes of at least 4 members (excludes halogenated alkanes) is 7. The summed E-state index contributed by atoms with van der Waals surface area (Å²) in [5.41, 5.74) is 5.15. The monoisotopic (exact) mass is 428 g/mol. The van der Waals surface area contributed by atoms with E-state index in [1.165, 1.54) is 44.9 Å². The maximum absolute atomic E-state index is 5.89. The van der Waals surface area contributed by atoms with Gasteiger partial charge in [0.1, 0.15) is 5.75 Å². The maximum atomic E-state index is 5.89. The SMILES string of the molecule is CCCCCCCCCCOc1ccc(/C=C/c2ccc(-c3ccc(C)cn3)nc2)cc1. The molecule has 0 aliphatic rings. The highest BCUT2D eigenvalue weighted by Gasteiger charge is 2.00. The van der Waals surface area contributed by atoms with E-state index in [0.717, 1.165) is 46.9 Å². The van der Waals surface area contributed by atoms with Crippen LogP contribution in [0.1, 0.15) is 75.0 Å². The Morgan fingerprint density at radius 1 is 0.656 bits per heavy atom. The van der Waals surface area contributed by atoms with Crippen LogP contribution in [0.15, 0.2) is 60.9 Å². The lowest BCUT2D eigenvalue weighted by molar-refractivity contribution is 0.304. The minimum atomic E-state index is 0.804. The minimum absolute atomic E-state index is 0.804. The van der Waals surface area contributed by atoms with E-state index < -0.39 is 0 Å². The van der Waals surface area contributed by atoms with Crippen molar-refractivity contribution in [2.75, 3.05) is 6.61 Å². The van der Waals surface area contributed by atoms with Crippen molar-refractivity contribution in [1.29, 1.82) is 0 Å². The Morgan fingerprint density at radius 2 is 1.25 bits per heavy atom. The number of hydrogen-bond acceptors (Lipinski definition) is 3. The van der Waals surface area contributed by atoms with Crippen molar-refractivity contribution >= 4 is 12.2 Å². The first kappa shape index (κ1) is 23.7. The van der Waals surface area contributed by atoms with E-state index in [1.54, 1.807) is 0 Å². The largest absolute Gasteiger partial charge is 0.494 e. The highest BCUT2D eigenvalue weighted by molar-refractivity contribution is 5.70. The molecule has 0 saturated carbocycles. The van der Waals surface area contributed by atoms with Gasteiger partial charge >= 0.3 is 0 Å². The molecule has 2 heterocycles. The topological polar surface area (TPSA) is 35.0 Å². The summed E-state index contributed by atoms with van der Waals surface area (Å²) in [5.74, 6) is 0.946. The molecule has 0 aliphatic heterocycles. The molecule has 0 aliphatic carbocycles. The molecule has 32 heavy (non-hydrogen) atoms. The van der Waals surface area contributed by atoms with Gasteiger partial charge in [-0.1, -0.05) is 88.3 Å². The standard InChI is InChI=1S/C29H36N2O/c1-3-4-5-6-7-8-9-10-21-32-27-17-14-25(15-18-27)12-13-26-16-20-29(31-23-26)28-19-11-24(2)22-30-28/h11-20,22-23H,3-10,21H2,1-2H3/b13-12+. The van der Waals surface area contributed by atoms with Gasteiger partial charge in [-0.2, -0.15) is 0 Å². The van der Waals surface area contributed by atoms with Gasteiger partial charge in [-0.05, 0) is 54.3 Å². The Balaban J connectivity index is 1.39. The summed E-state index contributed by atoms with van der Waals surface area (Å²) < 4.78 is 5.89. The van der Waals surface area contributed by atoms with Gasteiger partial charge < -0.3 is 4.74 Å². The molecular weight excluding hydrogens is 392 g/mol. The Hall–Kier alpha value is -2.94. The summed E-state index contributed by atoms with van der Waals surface area (Å²) in [6, 6.07) is 16.4. The Morgan fingerprint density at radius 3 is 1.88 bits per heavy atom.